The summed E-state index contributed by atoms with van der Waals surface area (Å²) >= 11 is 0. The van der Waals surface area contributed by atoms with E-state index in [0.717, 1.165) is 37.6 Å². The number of halogens is 1. The van der Waals surface area contributed by atoms with Crippen LogP contribution in [0, 0.1) is 5.92 Å². The van der Waals surface area contributed by atoms with Crippen LogP contribution in [0.15, 0.2) is 34.2 Å². The highest BCUT2D eigenvalue weighted by molar-refractivity contribution is 14.0. The number of methoxy groups -OCH3 is 1. The molecule has 1 saturated heterocycles. The normalized spacial score (nSPS) is 17.5. The molecular formula is C19H33IN4O4S. The highest BCUT2D eigenvalue weighted by atomic mass is 127. The van der Waals surface area contributed by atoms with Crippen LogP contribution in [0.4, 0.5) is 0 Å². The van der Waals surface area contributed by atoms with Gasteiger partial charge in [0.05, 0.1) is 24.7 Å². The van der Waals surface area contributed by atoms with Crippen molar-refractivity contribution in [1.82, 2.24) is 14.5 Å². The van der Waals surface area contributed by atoms with Crippen LogP contribution in [0.5, 0.6) is 0 Å². The average molecular weight is 540 g/mol. The SMILES string of the molecule is CN=C(NCc1ccc(S(=O)(=O)N(C)C)cc1)N1CCC(COCCOC)C1.I. The smallest absolute Gasteiger partial charge is 0.242 e. The van der Waals surface area contributed by atoms with E-state index in [2.05, 4.69) is 15.2 Å². The second-order valence-electron chi connectivity index (χ2n) is 7.00. The number of sulfonamides is 1. The Morgan fingerprint density at radius 1 is 1.28 bits per heavy atom. The summed E-state index contributed by atoms with van der Waals surface area (Å²) in [6.07, 6.45) is 1.07. The van der Waals surface area contributed by atoms with Crippen molar-refractivity contribution in [2.45, 2.75) is 17.9 Å². The van der Waals surface area contributed by atoms with Gasteiger partial charge in [-0.1, -0.05) is 12.1 Å². The third kappa shape index (κ3) is 7.67. The van der Waals surface area contributed by atoms with Gasteiger partial charge in [0.15, 0.2) is 5.96 Å². The van der Waals surface area contributed by atoms with Gasteiger partial charge in [0.1, 0.15) is 0 Å². The molecule has 0 aliphatic carbocycles. The second-order valence-corrected chi connectivity index (χ2v) is 9.15. The number of rotatable bonds is 9. The Bertz CT molecular complexity index is 741. The first-order valence-corrected chi connectivity index (χ1v) is 10.9. The average Bonchev–Trinajstić information content (AvgIpc) is 3.15. The number of hydrogen-bond acceptors (Lipinski definition) is 5. The Morgan fingerprint density at radius 2 is 1.97 bits per heavy atom. The molecule has 1 aliphatic heterocycles. The molecule has 0 saturated carbocycles. The fourth-order valence-electron chi connectivity index (χ4n) is 3.06. The molecule has 0 radical (unpaired) electrons. The van der Waals surface area contributed by atoms with Gasteiger partial charge in [-0.2, -0.15) is 0 Å². The molecule has 1 heterocycles. The summed E-state index contributed by atoms with van der Waals surface area (Å²) in [7, 11) is 3.10. The molecular weight excluding hydrogens is 507 g/mol. The number of guanidine groups is 1. The summed E-state index contributed by atoms with van der Waals surface area (Å²) in [6, 6.07) is 6.93. The van der Waals surface area contributed by atoms with E-state index in [1.165, 1.54) is 18.4 Å². The van der Waals surface area contributed by atoms with Gasteiger partial charge in [0.25, 0.3) is 0 Å². The van der Waals surface area contributed by atoms with Gasteiger partial charge in [-0.25, -0.2) is 12.7 Å². The maximum atomic E-state index is 12.1. The van der Waals surface area contributed by atoms with Crippen molar-refractivity contribution in [3.05, 3.63) is 29.8 Å². The number of aliphatic imine (C=N–C) groups is 1. The molecule has 1 unspecified atom stereocenters. The maximum Gasteiger partial charge on any atom is 0.242 e. The standard InChI is InChI=1S/C19H32N4O4S.HI/c1-20-19(23-10-9-17(14-23)15-27-12-11-26-4)21-13-16-5-7-18(8-6-16)28(24,25)22(2)3;/h5-8,17H,9-15H2,1-4H3,(H,20,21);1H. The van der Waals surface area contributed by atoms with Gasteiger partial charge in [0.2, 0.25) is 10.0 Å². The molecule has 1 atom stereocenters. The van der Waals surface area contributed by atoms with Crippen molar-refractivity contribution < 1.29 is 17.9 Å². The van der Waals surface area contributed by atoms with Gasteiger partial charge in [0, 0.05) is 53.8 Å². The minimum absolute atomic E-state index is 0. The number of benzene rings is 1. The van der Waals surface area contributed by atoms with Gasteiger partial charge < -0.3 is 19.7 Å². The highest BCUT2D eigenvalue weighted by Gasteiger charge is 2.25. The third-order valence-corrected chi connectivity index (χ3v) is 6.56. The minimum atomic E-state index is -3.40. The van der Waals surface area contributed by atoms with E-state index in [9.17, 15) is 8.42 Å². The van der Waals surface area contributed by atoms with Gasteiger partial charge in [-0.3, -0.25) is 4.99 Å². The van der Waals surface area contributed by atoms with Crippen LogP contribution in [0.2, 0.25) is 0 Å². The Hall–Kier alpha value is -0.950. The van der Waals surface area contributed by atoms with Crippen LogP contribution in [-0.2, 0) is 26.0 Å². The molecule has 1 aliphatic rings. The molecule has 1 fully saturated rings. The Kier molecular flexibility index (Phi) is 11.4. The van der Waals surface area contributed by atoms with Crippen LogP contribution in [0.1, 0.15) is 12.0 Å². The first-order chi connectivity index (χ1) is 13.4. The maximum absolute atomic E-state index is 12.1. The molecule has 1 aromatic rings. The molecule has 0 aromatic heterocycles. The van der Waals surface area contributed by atoms with Crippen molar-refractivity contribution in [2.24, 2.45) is 10.9 Å². The number of nitrogens with one attached hydrogen (secondary N) is 1. The van der Waals surface area contributed by atoms with Crippen LogP contribution in [0.25, 0.3) is 0 Å². The van der Waals surface area contributed by atoms with E-state index in [-0.39, 0.29) is 24.0 Å². The Morgan fingerprint density at radius 3 is 2.55 bits per heavy atom. The van der Waals surface area contributed by atoms with E-state index in [0.29, 0.717) is 30.6 Å². The van der Waals surface area contributed by atoms with Gasteiger partial charge >= 0.3 is 0 Å². The van der Waals surface area contributed by atoms with Crippen LogP contribution < -0.4 is 5.32 Å². The second kappa shape index (κ2) is 12.7. The lowest BCUT2D eigenvalue weighted by Gasteiger charge is -2.22. The lowest BCUT2D eigenvalue weighted by atomic mass is 10.1. The molecule has 2 rings (SSSR count). The van der Waals surface area contributed by atoms with E-state index >= 15 is 0 Å². The van der Waals surface area contributed by atoms with Crippen LogP contribution in [0.3, 0.4) is 0 Å². The van der Waals surface area contributed by atoms with Crippen molar-refractivity contribution in [1.29, 1.82) is 0 Å². The summed E-state index contributed by atoms with van der Waals surface area (Å²) in [5, 5.41) is 3.36. The zero-order chi connectivity index (χ0) is 20.6. The lowest BCUT2D eigenvalue weighted by molar-refractivity contribution is 0.0536. The predicted molar refractivity (Wildman–Crippen MR) is 125 cm³/mol. The van der Waals surface area contributed by atoms with Crippen LogP contribution in [-0.4, -0.2) is 84.7 Å². The third-order valence-electron chi connectivity index (χ3n) is 4.74. The summed E-state index contributed by atoms with van der Waals surface area (Å²) < 4.78 is 36.1. The number of ether oxygens (including phenoxy) is 2. The molecule has 1 aromatic carbocycles. The molecule has 1 N–H and O–H groups in total. The topological polar surface area (TPSA) is 83.5 Å². The summed E-state index contributed by atoms with van der Waals surface area (Å²) in [4.78, 5) is 6.90. The summed E-state index contributed by atoms with van der Waals surface area (Å²) in [5.41, 5.74) is 0.998. The Balaban J connectivity index is 0.00000420. The molecule has 0 spiro atoms. The van der Waals surface area contributed by atoms with E-state index < -0.39 is 10.0 Å². The number of hydrogen-bond donors (Lipinski definition) is 1. The summed E-state index contributed by atoms with van der Waals surface area (Å²) in [5.74, 6) is 1.34. The molecule has 29 heavy (non-hydrogen) atoms. The highest BCUT2D eigenvalue weighted by Crippen LogP contribution is 2.17. The summed E-state index contributed by atoms with van der Waals surface area (Å²) in [6.45, 7) is 4.41. The molecule has 10 heteroatoms. The molecule has 0 amide bonds. The van der Waals surface area contributed by atoms with E-state index in [1.54, 1.807) is 26.3 Å². The number of likely N-dealkylation sites (tertiary alicyclic amines) is 1. The van der Waals surface area contributed by atoms with Crippen molar-refractivity contribution in [3.8, 4) is 0 Å². The zero-order valence-corrected chi connectivity index (χ0v) is 20.8. The van der Waals surface area contributed by atoms with Gasteiger partial charge in [-0.15, -0.1) is 24.0 Å². The Labute approximate surface area is 191 Å². The first kappa shape index (κ1) is 26.1. The fourth-order valence-corrected chi connectivity index (χ4v) is 3.96. The fraction of sp³-hybridized carbons (Fsp3) is 0.632. The molecule has 166 valence electrons. The number of nitrogens with zero attached hydrogens (tertiary/aromatic N) is 3. The molecule has 0 bridgehead atoms. The zero-order valence-electron chi connectivity index (χ0n) is 17.6. The van der Waals surface area contributed by atoms with Crippen molar-refractivity contribution in [2.75, 3.05) is 61.2 Å². The largest absolute Gasteiger partial charge is 0.382 e. The van der Waals surface area contributed by atoms with Crippen LogP contribution >= 0.6 is 24.0 Å². The lowest BCUT2D eigenvalue weighted by Crippen LogP contribution is -2.39. The van der Waals surface area contributed by atoms with E-state index in [1.807, 2.05) is 12.1 Å². The quantitative estimate of drug-likeness (QED) is 0.222. The molecule has 8 nitrogen and oxygen atoms in total. The van der Waals surface area contributed by atoms with Crippen molar-refractivity contribution >= 4 is 40.0 Å². The van der Waals surface area contributed by atoms with Crippen molar-refractivity contribution in [3.63, 3.8) is 0 Å². The monoisotopic (exact) mass is 540 g/mol. The van der Waals surface area contributed by atoms with E-state index in [4.69, 9.17) is 9.47 Å². The predicted octanol–water partition coefficient (Wildman–Crippen LogP) is 1.62. The minimum Gasteiger partial charge on any atom is -0.382 e. The first-order valence-electron chi connectivity index (χ1n) is 9.42. The van der Waals surface area contributed by atoms with Gasteiger partial charge in [-0.05, 0) is 24.1 Å².